The Hall–Kier alpha value is -1.69. The molecule has 0 saturated heterocycles. The number of aromatic nitrogens is 4. The molecule has 0 aliphatic rings. The van der Waals surface area contributed by atoms with Crippen LogP contribution >= 0.6 is 0 Å². The van der Waals surface area contributed by atoms with Crippen LogP contribution in [0, 0.1) is 6.92 Å². The fraction of sp³-hybridized carbons (Fsp3) is 0.500. The van der Waals surface area contributed by atoms with E-state index >= 15 is 0 Å². The molecule has 0 aromatic carbocycles. The first-order valence-corrected chi connectivity index (χ1v) is 5.25. The highest BCUT2D eigenvalue weighted by molar-refractivity contribution is 5.56. The first kappa shape index (κ1) is 10.8. The van der Waals surface area contributed by atoms with Crippen molar-refractivity contribution >= 4 is 0 Å². The Balaban J connectivity index is 2.38. The van der Waals surface area contributed by atoms with Gasteiger partial charge in [0.05, 0.1) is 17.3 Å². The van der Waals surface area contributed by atoms with Crippen molar-refractivity contribution in [3.8, 4) is 11.4 Å². The molecule has 1 atom stereocenters. The lowest BCUT2D eigenvalue weighted by Gasteiger charge is -1.92. The van der Waals surface area contributed by atoms with E-state index in [4.69, 9.17) is 10.3 Å². The topological polar surface area (TPSA) is 82.8 Å². The van der Waals surface area contributed by atoms with Gasteiger partial charge in [-0.15, -0.1) is 0 Å². The molecule has 0 unspecified atom stereocenters. The molecule has 2 aromatic heterocycles. The number of nitrogens with two attached hydrogens (primary N) is 1. The summed E-state index contributed by atoms with van der Waals surface area (Å²) in [5.74, 6) is 0.989. The van der Waals surface area contributed by atoms with Crippen molar-refractivity contribution in [1.82, 2.24) is 19.9 Å². The Bertz CT molecular complexity index is 485. The number of aryl methyl sites for hydroxylation is 2. The molecule has 86 valence electrons. The van der Waals surface area contributed by atoms with Crippen LogP contribution in [-0.2, 0) is 6.54 Å². The normalized spacial score (nSPS) is 13.0. The Labute approximate surface area is 93.4 Å². The highest BCUT2D eigenvalue weighted by atomic mass is 16.5. The first-order valence-electron chi connectivity index (χ1n) is 5.25. The summed E-state index contributed by atoms with van der Waals surface area (Å²) in [6, 6.07) is -0.247. The molecule has 16 heavy (non-hydrogen) atoms. The van der Waals surface area contributed by atoms with Crippen molar-refractivity contribution in [2.75, 3.05) is 0 Å². The van der Waals surface area contributed by atoms with Crippen molar-refractivity contribution < 1.29 is 4.52 Å². The molecule has 6 heteroatoms. The van der Waals surface area contributed by atoms with Gasteiger partial charge in [0.1, 0.15) is 0 Å². The second kappa shape index (κ2) is 4.05. The summed E-state index contributed by atoms with van der Waals surface area (Å²) >= 11 is 0. The van der Waals surface area contributed by atoms with Crippen LogP contribution in [0.1, 0.15) is 31.5 Å². The zero-order valence-corrected chi connectivity index (χ0v) is 9.64. The average molecular weight is 221 g/mol. The highest BCUT2D eigenvalue weighted by Gasteiger charge is 2.15. The van der Waals surface area contributed by atoms with E-state index in [0.29, 0.717) is 11.7 Å². The van der Waals surface area contributed by atoms with Crippen LogP contribution in [0.2, 0.25) is 0 Å². The summed E-state index contributed by atoms with van der Waals surface area (Å²) in [7, 11) is 0. The van der Waals surface area contributed by atoms with Gasteiger partial charge in [-0.1, -0.05) is 5.16 Å². The molecule has 0 amide bonds. The molecule has 0 aliphatic carbocycles. The Kier molecular flexibility index (Phi) is 2.74. The van der Waals surface area contributed by atoms with Gasteiger partial charge in [0.25, 0.3) is 0 Å². The lowest BCUT2D eigenvalue weighted by Crippen LogP contribution is -2.04. The minimum Gasteiger partial charge on any atom is -0.337 e. The molecule has 2 N–H and O–H groups in total. The minimum atomic E-state index is -0.247. The summed E-state index contributed by atoms with van der Waals surface area (Å²) in [6.45, 7) is 6.57. The van der Waals surface area contributed by atoms with Crippen LogP contribution in [0.25, 0.3) is 11.4 Å². The van der Waals surface area contributed by atoms with Gasteiger partial charge in [0.15, 0.2) is 0 Å². The van der Waals surface area contributed by atoms with Crippen LogP contribution in [0.4, 0.5) is 0 Å². The van der Waals surface area contributed by atoms with Gasteiger partial charge in [-0.05, 0) is 20.8 Å². The molecule has 2 aromatic rings. The van der Waals surface area contributed by atoms with Crippen LogP contribution in [0.15, 0.2) is 10.7 Å². The quantitative estimate of drug-likeness (QED) is 0.844. The summed E-state index contributed by atoms with van der Waals surface area (Å²) in [5, 5.41) is 8.22. The summed E-state index contributed by atoms with van der Waals surface area (Å²) in [4.78, 5) is 4.23. The monoisotopic (exact) mass is 221 g/mol. The van der Waals surface area contributed by atoms with Gasteiger partial charge < -0.3 is 10.3 Å². The van der Waals surface area contributed by atoms with Gasteiger partial charge in [-0.25, -0.2) is 0 Å². The molecule has 2 heterocycles. The molecule has 0 bridgehead atoms. The minimum absolute atomic E-state index is 0.247. The second-order valence-electron chi connectivity index (χ2n) is 3.73. The van der Waals surface area contributed by atoms with Gasteiger partial charge >= 0.3 is 0 Å². The molecule has 0 aliphatic heterocycles. The number of rotatable bonds is 3. The van der Waals surface area contributed by atoms with Crippen LogP contribution < -0.4 is 5.73 Å². The molecule has 0 radical (unpaired) electrons. The highest BCUT2D eigenvalue weighted by Crippen LogP contribution is 2.20. The molecular weight excluding hydrogens is 206 g/mol. The van der Waals surface area contributed by atoms with Crippen LogP contribution in [0.5, 0.6) is 0 Å². The third kappa shape index (κ3) is 1.83. The van der Waals surface area contributed by atoms with Crippen molar-refractivity contribution in [3.63, 3.8) is 0 Å². The maximum Gasteiger partial charge on any atom is 0.243 e. The van der Waals surface area contributed by atoms with E-state index in [0.717, 1.165) is 17.8 Å². The van der Waals surface area contributed by atoms with E-state index < -0.39 is 0 Å². The molecular formula is C10H15N5O. The fourth-order valence-electron chi connectivity index (χ4n) is 1.43. The van der Waals surface area contributed by atoms with Crippen LogP contribution in [0.3, 0.4) is 0 Å². The van der Waals surface area contributed by atoms with E-state index in [9.17, 15) is 0 Å². The lowest BCUT2D eigenvalue weighted by atomic mass is 10.2. The van der Waals surface area contributed by atoms with E-state index in [1.165, 1.54) is 0 Å². The number of hydrogen-bond acceptors (Lipinski definition) is 5. The van der Waals surface area contributed by atoms with Gasteiger partial charge in [0.2, 0.25) is 11.7 Å². The Morgan fingerprint density at radius 2 is 2.31 bits per heavy atom. The van der Waals surface area contributed by atoms with Crippen LogP contribution in [-0.4, -0.2) is 19.9 Å². The van der Waals surface area contributed by atoms with Crippen molar-refractivity contribution in [3.05, 3.63) is 17.8 Å². The summed E-state index contributed by atoms with van der Waals surface area (Å²) in [5.41, 5.74) is 7.43. The molecule has 6 nitrogen and oxygen atoms in total. The predicted molar refractivity (Wildman–Crippen MR) is 58.5 cm³/mol. The van der Waals surface area contributed by atoms with E-state index in [1.807, 2.05) is 24.7 Å². The molecule has 0 saturated carbocycles. The Morgan fingerprint density at radius 3 is 2.81 bits per heavy atom. The standard InChI is InChI=1S/C10H15N5O/c1-4-15-5-8(7(3)13-15)9-12-10(6(2)11)16-14-9/h5-6H,4,11H2,1-3H3/t6-/m0/s1. The zero-order chi connectivity index (χ0) is 11.7. The number of nitrogens with zero attached hydrogens (tertiary/aromatic N) is 4. The predicted octanol–water partition coefficient (Wildman–Crippen LogP) is 1.28. The van der Waals surface area contributed by atoms with Crippen molar-refractivity contribution in [2.24, 2.45) is 5.73 Å². The second-order valence-corrected chi connectivity index (χ2v) is 3.73. The van der Waals surface area contributed by atoms with Gasteiger partial charge in [-0.2, -0.15) is 10.1 Å². The third-order valence-corrected chi connectivity index (χ3v) is 2.34. The summed E-state index contributed by atoms with van der Waals surface area (Å²) in [6.07, 6.45) is 1.91. The maximum atomic E-state index is 5.66. The van der Waals surface area contributed by atoms with E-state index in [1.54, 1.807) is 6.92 Å². The molecule has 0 spiro atoms. The van der Waals surface area contributed by atoms with E-state index in [2.05, 4.69) is 15.2 Å². The van der Waals surface area contributed by atoms with Crippen molar-refractivity contribution in [2.45, 2.75) is 33.4 Å². The lowest BCUT2D eigenvalue weighted by molar-refractivity contribution is 0.362. The smallest absolute Gasteiger partial charge is 0.243 e. The average Bonchev–Trinajstić information content (AvgIpc) is 2.83. The maximum absolute atomic E-state index is 5.66. The SMILES string of the molecule is CCn1cc(-c2noc([C@H](C)N)n2)c(C)n1. The van der Waals surface area contributed by atoms with Gasteiger partial charge in [0, 0.05) is 12.7 Å². The van der Waals surface area contributed by atoms with Crippen molar-refractivity contribution in [1.29, 1.82) is 0 Å². The van der Waals surface area contributed by atoms with E-state index in [-0.39, 0.29) is 6.04 Å². The molecule has 0 fully saturated rings. The van der Waals surface area contributed by atoms with Gasteiger partial charge in [-0.3, -0.25) is 4.68 Å². The fourth-order valence-corrected chi connectivity index (χ4v) is 1.43. The Morgan fingerprint density at radius 1 is 1.56 bits per heavy atom. The first-order chi connectivity index (χ1) is 7.61. The molecule has 2 rings (SSSR count). The number of hydrogen-bond donors (Lipinski definition) is 1. The largest absolute Gasteiger partial charge is 0.337 e. The summed E-state index contributed by atoms with van der Waals surface area (Å²) < 4.78 is 6.90. The third-order valence-electron chi connectivity index (χ3n) is 2.34. The zero-order valence-electron chi connectivity index (χ0n) is 9.64.